The van der Waals surface area contributed by atoms with E-state index in [1.54, 1.807) is 32.9 Å². The van der Waals surface area contributed by atoms with Gasteiger partial charge >= 0.3 is 11.9 Å². The maximum absolute atomic E-state index is 12.2. The first-order chi connectivity index (χ1) is 12.7. The summed E-state index contributed by atoms with van der Waals surface area (Å²) in [7, 11) is -3.36. The molecule has 27 heavy (non-hydrogen) atoms. The van der Waals surface area contributed by atoms with E-state index in [2.05, 4.69) is 20.2 Å². The first kappa shape index (κ1) is 18.6. The average molecular weight is 392 g/mol. The molecule has 1 N–H and O–H groups in total. The van der Waals surface area contributed by atoms with Crippen molar-refractivity contribution in [1.29, 1.82) is 0 Å². The quantitative estimate of drug-likeness (QED) is 0.694. The number of sulfone groups is 1. The van der Waals surface area contributed by atoms with Gasteiger partial charge in [-0.15, -0.1) is 10.2 Å². The molecule has 3 aromatic rings. The van der Waals surface area contributed by atoms with Gasteiger partial charge in [0.05, 0.1) is 27.7 Å². The molecule has 0 aliphatic heterocycles. The van der Waals surface area contributed by atoms with E-state index in [4.69, 9.17) is 9.52 Å². The van der Waals surface area contributed by atoms with Crippen LogP contribution in [0.3, 0.4) is 0 Å². The number of rotatable bonds is 5. The van der Waals surface area contributed by atoms with Crippen LogP contribution in [0.4, 0.5) is 0 Å². The zero-order valence-corrected chi connectivity index (χ0v) is 15.6. The molecule has 0 atom stereocenters. The molecule has 0 radical (unpaired) electrons. The van der Waals surface area contributed by atoms with Crippen LogP contribution in [-0.2, 0) is 9.84 Å². The summed E-state index contributed by atoms with van der Waals surface area (Å²) in [4.78, 5) is 19.8. The monoisotopic (exact) mass is 392 g/mol. The minimum atomic E-state index is -3.36. The van der Waals surface area contributed by atoms with Crippen molar-refractivity contribution in [2.24, 2.45) is 0 Å². The van der Waals surface area contributed by atoms with Gasteiger partial charge in [-0.05, 0) is 32.9 Å². The second-order valence-corrected chi connectivity index (χ2v) is 8.53. The van der Waals surface area contributed by atoms with E-state index in [9.17, 15) is 13.2 Å². The lowest BCUT2D eigenvalue weighted by Gasteiger charge is -2.09. The van der Waals surface area contributed by atoms with Gasteiger partial charge in [0.25, 0.3) is 5.89 Å². The molecule has 0 aliphatic rings. The summed E-state index contributed by atoms with van der Waals surface area (Å²) in [6, 6.07) is 6.30. The van der Waals surface area contributed by atoms with Crippen LogP contribution in [0.25, 0.3) is 22.8 Å². The van der Waals surface area contributed by atoms with Gasteiger partial charge in [-0.3, -0.25) is 4.98 Å². The van der Waals surface area contributed by atoms with Crippen molar-refractivity contribution >= 4 is 15.8 Å². The molecular formula is C17H20N4O5S. The van der Waals surface area contributed by atoms with Gasteiger partial charge in [0.15, 0.2) is 9.84 Å². The first-order valence-electron chi connectivity index (χ1n) is 7.95. The number of benzene rings is 1. The van der Waals surface area contributed by atoms with Gasteiger partial charge in [-0.25, -0.2) is 18.2 Å². The molecule has 0 aliphatic carbocycles. The van der Waals surface area contributed by atoms with Crippen LogP contribution in [-0.4, -0.2) is 44.9 Å². The Bertz CT molecular complexity index is 1120. The third-order valence-corrected chi connectivity index (χ3v) is 6.04. The number of aryl methyl sites for hydroxylation is 1. The Morgan fingerprint density at radius 3 is 2.41 bits per heavy atom. The largest absolute Gasteiger partial charge is 0.474 e. The molecule has 9 nitrogen and oxygen atoms in total. The lowest BCUT2D eigenvalue weighted by molar-refractivity contribution is 0.0654. The minimum Gasteiger partial charge on any atom is -0.474 e. The fourth-order valence-electron chi connectivity index (χ4n) is 2.28. The molecule has 0 bridgehead atoms. The zero-order valence-electron chi connectivity index (χ0n) is 14.7. The number of carbonyl (C=O) groups is 1. The van der Waals surface area contributed by atoms with Crippen molar-refractivity contribution in [1.82, 2.24) is 20.2 Å². The fourth-order valence-corrected chi connectivity index (χ4v) is 3.34. The van der Waals surface area contributed by atoms with E-state index in [-0.39, 0.29) is 19.3 Å². The van der Waals surface area contributed by atoms with Crippen LogP contribution in [0.15, 0.2) is 39.8 Å². The molecule has 0 amide bonds. The maximum Gasteiger partial charge on any atom is 0.393 e. The predicted molar refractivity (Wildman–Crippen MR) is 99.0 cm³/mol. The Morgan fingerprint density at radius 2 is 1.85 bits per heavy atom. The highest BCUT2D eigenvalue weighted by atomic mass is 32.2. The van der Waals surface area contributed by atoms with Crippen molar-refractivity contribution in [3.63, 3.8) is 0 Å². The summed E-state index contributed by atoms with van der Waals surface area (Å²) < 4.78 is 29.5. The van der Waals surface area contributed by atoms with Gasteiger partial charge in [0.2, 0.25) is 0 Å². The van der Waals surface area contributed by atoms with E-state index in [1.165, 1.54) is 18.3 Å². The van der Waals surface area contributed by atoms with Crippen LogP contribution in [0.2, 0.25) is 0 Å². The smallest absolute Gasteiger partial charge is 0.393 e. The van der Waals surface area contributed by atoms with Gasteiger partial charge in [0.1, 0.15) is 5.69 Å². The number of hydrogen-bond donors (Lipinski definition) is 1. The topological polar surface area (TPSA) is 136 Å². The molecule has 0 unspecified atom stereocenters. The third kappa shape index (κ3) is 3.56. The molecular weight excluding hydrogens is 372 g/mol. The van der Waals surface area contributed by atoms with Crippen molar-refractivity contribution in [2.45, 2.75) is 30.9 Å². The standard InChI is InChI=1S/C17H16N4O5S.2H2/c1-9(2)27(24,25)12-6-4-11(5-7-12)13-8-18-10(3)14(19-13)15-20-21-16(26-15)17(22)23;;/h4-9H,1-3H3,(H,22,23);2*1H. The van der Waals surface area contributed by atoms with Crippen LogP contribution >= 0.6 is 0 Å². The Morgan fingerprint density at radius 1 is 1.19 bits per heavy atom. The summed E-state index contributed by atoms with van der Waals surface area (Å²) in [5.74, 6) is -1.93. The van der Waals surface area contributed by atoms with E-state index in [0.29, 0.717) is 17.0 Å². The SMILES string of the molecule is Cc1ncc(-c2ccc(S(=O)(=O)C(C)C)cc2)nc1-c1nnc(C(=O)O)o1.[HH].[HH]. The van der Waals surface area contributed by atoms with Crippen LogP contribution < -0.4 is 0 Å². The number of carboxylic acid groups (broad SMARTS) is 1. The lowest BCUT2D eigenvalue weighted by Crippen LogP contribution is -2.13. The molecule has 2 heterocycles. The van der Waals surface area contributed by atoms with E-state index in [0.717, 1.165) is 0 Å². The molecule has 0 spiro atoms. The van der Waals surface area contributed by atoms with Crippen molar-refractivity contribution < 1.29 is 25.6 Å². The van der Waals surface area contributed by atoms with E-state index >= 15 is 0 Å². The maximum atomic E-state index is 12.2. The second kappa shape index (κ2) is 6.88. The highest BCUT2D eigenvalue weighted by Crippen LogP contribution is 2.25. The normalized spacial score (nSPS) is 11.7. The number of nitrogens with zero attached hydrogens (tertiary/aromatic N) is 4. The van der Waals surface area contributed by atoms with Gasteiger partial charge in [-0.1, -0.05) is 12.1 Å². The lowest BCUT2D eigenvalue weighted by atomic mass is 10.1. The summed E-state index contributed by atoms with van der Waals surface area (Å²) in [6.07, 6.45) is 1.53. The Hall–Kier alpha value is -3.14. The van der Waals surface area contributed by atoms with Gasteiger partial charge in [-0.2, -0.15) is 0 Å². The molecule has 0 saturated carbocycles. The molecule has 0 saturated heterocycles. The Labute approximate surface area is 158 Å². The Kier molecular flexibility index (Phi) is 4.75. The van der Waals surface area contributed by atoms with Crippen LogP contribution in [0, 0.1) is 6.92 Å². The number of hydrogen-bond acceptors (Lipinski definition) is 8. The second-order valence-electron chi connectivity index (χ2n) is 6.02. The molecule has 2 aromatic heterocycles. The first-order valence-corrected chi connectivity index (χ1v) is 9.50. The summed E-state index contributed by atoms with van der Waals surface area (Å²) >= 11 is 0. The summed E-state index contributed by atoms with van der Waals surface area (Å²) in [5, 5.41) is 15.5. The zero-order chi connectivity index (χ0) is 19.8. The summed E-state index contributed by atoms with van der Waals surface area (Å²) in [6.45, 7) is 4.92. The third-order valence-electron chi connectivity index (χ3n) is 3.87. The molecule has 1 aromatic carbocycles. The van der Waals surface area contributed by atoms with Crippen molar-refractivity contribution in [3.05, 3.63) is 42.0 Å². The Balaban J connectivity index is 0.00000210. The fraction of sp³-hybridized carbons (Fsp3) is 0.235. The molecule has 0 fully saturated rings. The van der Waals surface area contributed by atoms with E-state index in [1.807, 2.05) is 0 Å². The average Bonchev–Trinajstić information content (AvgIpc) is 3.12. The molecule has 3 rings (SSSR count). The highest BCUT2D eigenvalue weighted by molar-refractivity contribution is 7.92. The van der Waals surface area contributed by atoms with Crippen LogP contribution in [0.5, 0.6) is 0 Å². The van der Waals surface area contributed by atoms with Gasteiger partial charge in [0, 0.05) is 8.42 Å². The number of aromatic nitrogens is 4. The molecule has 144 valence electrons. The van der Waals surface area contributed by atoms with E-state index < -0.39 is 26.9 Å². The number of aromatic carboxylic acids is 1. The van der Waals surface area contributed by atoms with Crippen molar-refractivity contribution in [3.8, 4) is 22.8 Å². The highest BCUT2D eigenvalue weighted by Gasteiger charge is 2.20. The summed E-state index contributed by atoms with van der Waals surface area (Å²) in [5.41, 5.74) is 1.84. The molecule has 10 heteroatoms. The van der Waals surface area contributed by atoms with Crippen LogP contribution in [0.1, 0.15) is 33.1 Å². The number of carboxylic acids is 1. The van der Waals surface area contributed by atoms with Gasteiger partial charge < -0.3 is 9.52 Å². The van der Waals surface area contributed by atoms with Crippen molar-refractivity contribution in [2.75, 3.05) is 0 Å². The predicted octanol–water partition coefficient (Wildman–Crippen LogP) is 2.87. The minimum absolute atomic E-state index is 0.